The molecule has 1 atom stereocenters. The van der Waals surface area contributed by atoms with Crippen molar-refractivity contribution < 1.29 is 14.6 Å². The third-order valence-corrected chi connectivity index (χ3v) is 6.91. The number of aryl methyl sites for hydroxylation is 2. The highest BCUT2D eigenvalue weighted by Gasteiger charge is 2.42. The highest BCUT2D eigenvalue weighted by molar-refractivity contribution is 6.00. The fourth-order valence-corrected chi connectivity index (χ4v) is 5.30. The number of ether oxygens (including phenoxy) is 1. The maximum atomic E-state index is 13.8. The molecule has 0 radical (unpaired) electrons. The molecule has 0 spiro atoms. The van der Waals surface area contributed by atoms with E-state index in [1.54, 1.807) is 6.07 Å². The van der Waals surface area contributed by atoms with Crippen LogP contribution in [0.5, 0.6) is 17.2 Å². The van der Waals surface area contributed by atoms with Crippen molar-refractivity contribution in [3.05, 3.63) is 131 Å². The molecule has 0 fully saturated rings. The standard InChI is InChI=1S/C32H27N3O3/c1-20-16-21(2)27(26(36)17-20)29-28-30(34-33-29)32(37)35(19-22-10-5-3-6-11-22)31(28)23-12-9-15-25(18-23)38-24-13-7-4-8-14-24/h3-18,31,36H,19H2,1-2H3,(H,33,34). The van der Waals surface area contributed by atoms with E-state index in [9.17, 15) is 9.90 Å². The number of nitrogens with one attached hydrogen (secondary N) is 1. The van der Waals surface area contributed by atoms with Gasteiger partial charge in [-0.2, -0.15) is 5.10 Å². The maximum absolute atomic E-state index is 13.8. The number of nitrogens with zero attached hydrogens (tertiary/aromatic N) is 2. The molecule has 2 heterocycles. The van der Waals surface area contributed by atoms with Crippen molar-refractivity contribution >= 4 is 5.91 Å². The zero-order valence-electron chi connectivity index (χ0n) is 21.2. The first-order chi connectivity index (χ1) is 18.5. The van der Waals surface area contributed by atoms with Gasteiger partial charge in [-0.25, -0.2) is 0 Å². The van der Waals surface area contributed by atoms with Gasteiger partial charge in [-0.05, 0) is 66.4 Å². The molecule has 6 rings (SSSR count). The number of aromatic amines is 1. The Morgan fingerprint density at radius 2 is 1.61 bits per heavy atom. The molecule has 0 aliphatic carbocycles. The van der Waals surface area contributed by atoms with Crippen LogP contribution in [0.3, 0.4) is 0 Å². The molecular weight excluding hydrogens is 474 g/mol. The Hall–Kier alpha value is -4.84. The molecular formula is C32H27N3O3. The van der Waals surface area contributed by atoms with Crippen LogP contribution in [0.4, 0.5) is 0 Å². The van der Waals surface area contributed by atoms with E-state index >= 15 is 0 Å². The van der Waals surface area contributed by atoms with Crippen LogP contribution in [-0.2, 0) is 6.54 Å². The second-order valence-electron chi connectivity index (χ2n) is 9.65. The van der Waals surface area contributed by atoms with E-state index < -0.39 is 6.04 Å². The van der Waals surface area contributed by atoms with E-state index in [1.165, 1.54) is 0 Å². The number of carbonyl (C=O) groups is 1. The third kappa shape index (κ3) is 4.20. The average molecular weight is 502 g/mol. The molecule has 38 heavy (non-hydrogen) atoms. The minimum absolute atomic E-state index is 0.133. The molecule has 188 valence electrons. The summed E-state index contributed by atoms with van der Waals surface area (Å²) >= 11 is 0. The van der Waals surface area contributed by atoms with E-state index in [4.69, 9.17) is 4.74 Å². The van der Waals surface area contributed by atoms with Crippen LogP contribution in [0.2, 0.25) is 0 Å². The van der Waals surface area contributed by atoms with Gasteiger partial charge >= 0.3 is 0 Å². The number of hydrogen-bond acceptors (Lipinski definition) is 4. The van der Waals surface area contributed by atoms with Crippen LogP contribution in [0.1, 0.15) is 44.3 Å². The van der Waals surface area contributed by atoms with E-state index in [0.717, 1.165) is 33.6 Å². The van der Waals surface area contributed by atoms with Gasteiger partial charge in [0, 0.05) is 17.7 Å². The van der Waals surface area contributed by atoms with Gasteiger partial charge in [0.2, 0.25) is 0 Å². The van der Waals surface area contributed by atoms with Gasteiger partial charge in [0.1, 0.15) is 28.6 Å². The van der Waals surface area contributed by atoms with Crippen LogP contribution in [0, 0.1) is 13.8 Å². The van der Waals surface area contributed by atoms with E-state index in [1.807, 2.05) is 110 Å². The summed E-state index contributed by atoms with van der Waals surface area (Å²) in [6, 6.07) is 30.7. The average Bonchev–Trinajstić information content (AvgIpc) is 3.44. The maximum Gasteiger partial charge on any atom is 0.273 e. The molecule has 2 N–H and O–H groups in total. The number of phenolic OH excluding ortho intramolecular Hbond substituents is 1. The lowest BCUT2D eigenvalue weighted by molar-refractivity contribution is 0.0730. The molecule has 5 aromatic rings. The molecule has 0 saturated carbocycles. The Bertz CT molecular complexity index is 1600. The summed E-state index contributed by atoms with van der Waals surface area (Å²) < 4.78 is 6.13. The number of phenols is 1. The number of amides is 1. The lowest BCUT2D eigenvalue weighted by atomic mass is 9.93. The number of benzene rings is 4. The lowest BCUT2D eigenvalue weighted by Gasteiger charge is -2.27. The monoisotopic (exact) mass is 501 g/mol. The van der Waals surface area contributed by atoms with Gasteiger partial charge in [-0.15, -0.1) is 0 Å². The van der Waals surface area contributed by atoms with E-state index in [2.05, 4.69) is 10.2 Å². The molecule has 6 heteroatoms. The Kier molecular flexibility index (Phi) is 5.92. The SMILES string of the molecule is Cc1cc(C)c(-c2n[nH]c3c2C(c2cccc(Oc4ccccc4)c2)N(Cc2ccccc2)C3=O)c(O)c1. The molecule has 0 saturated heterocycles. The van der Waals surface area contributed by atoms with Crippen molar-refractivity contribution in [3.63, 3.8) is 0 Å². The summed E-state index contributed by atoms with van der Waals surface area (Å²) in [5.74, 6) is 1.42. The topological polar surface area (TPSA) is 78.5 Å². The first-order valence-electron chi connectivity index (χ1n) is 12.6. The zero-order valence-corrected chi connectivity index (χ0v) is 21.2. The predicted octanol–water partition coefficient (Wildman–Crippen LogP) is 6.94. The number of fused-ring (bicyclic) bond motifs is 1. The van der Waals surface area contributed by atoms with Crippen molar-refractivity contribution in [1.82, 2.24) is 15.1 Å². The smallest absolute Gasteiger partial charge is 0.273 e. The summed E-state index contributed by atoms with van der Waals surface area (Å²) in [4.78, 5) is 15.6. The number of para-hydroxylation sites is 1. The Morgan fingerprint density at radius 1 is 0.895 bits per heavy atom. The second-order valence-corrected chi connectivity index (χ2v) is 9.65. The molecule has 4 aromatic carbocycles. The highest BCUT2D eigenvalue weighted by Crippen LogP contribution is 2.46. The van der Waals surface area contributed by atoms with Crippen molar-refractivity contribution in [2.45, 2.75) is 26.4 Å². The van der Waals surface area contributed by atoms with Gasteiger partial charge in [0.15, 0.2) is 0 Å². The second kappa shape index (κ2) is 9.56. The van der Waals surface area contributed by atoms with Crippen molar-refractivity contribution in [3.8, 4) is 28.5 Å². The van der Waals surface area contributed by atoms with E-state index in [-0.39, 0.29) is 11.7 Å². The molecule has 1 aliphatic heterocycles. The van der Waals surface area contributed by atoms with Gasteiger partial charge < -0.3 is 14.7 Å². The van der Waals surface area contributed by atoms with Gasteiger partial charge in [-0.1, -0.05) is 66.7 Å². The number of aromatic hydroxyl groups is 1. The molecule has 1 unspecified atom stereocenters. The van der Waals surface area contributed by atoms with Crippen LogP contribution in [0.25, 0.3) is 11.3 Å². The molecule has 6 nitrogen and oxygen atoms in total. The first-order valence-corrected chi connectivity index (χ1v) is 12.6. The van der Waals surface area contributed by atoms with Crippen molar-refractivity contribution in [2.24, 2.45) is 0 Å². The normalized spacial score (nSPS) is 14.5. The third-order valence-electron chi connectivity index (χ3n) is 6.91. The summed E-state index contributed by atoms with van der Waals surface area (Å²) in [5.41, 5.74) is 6.18. The van der Waals surface area contributed by atoms with Crippen molar-refractivity contribution in [1.29, 1.82) is 0 Å². The summed E-state index contributed by atoms with van der Waals surface area (Å²) in [6.07, 6.45) is 0. The van der Waals surface area contributed by atoms with Crippen LogP contribution < -0.4 is 4.74 Å². The Labute approximate surface area is 221 Å². The minimum atomic E-state index is -0.425. The van der Waals surface area contributed by atoms with Gasteiger partial charge in [0.05, 0.1) is 6.04 Å². The number of carbonyl (C=O) groups excluding carboxylic acids is 1. The molecule has 1 aliphatic rings. The summed E-state index contributed by atoms with van der Waals surface area (Å²) in [6.45, 7) is 4.32. The Morgan fingerprint density at radius 3 is 2.34 bits per heavy atom. The first kappa shape index (κ1) is 23.6. The van der Waals surface area contributed by atoms with Crippen LogP contribution in [-0.4, -0.2) is 26.1 Å². The zero-order chi connectivity index (χ0) is 26.2. The number of aromatic nitrogens is 2. The van der Waals surface area contributed by atoms with Gasteiger partial charge in [-0.3, -0.25) is 9.89 Å². The predicted molar refractivity (Wildman–Crippen MR) is 146 cm³/mol. The van der Waals surface area contributed by atoms with E-state index in [0.29, 0.717) is 29.2 Å². The number of hydrogen-bond donors (Lipinski definition) is 2. The molecule has 1 amide bonds. The highest BCUT2D eigenvalue weighted by atomic mass is 16.5. The van der Waals surface area contributed by atoms with Crippen LogP contribution in [0.15, 0.2) is 97.1 Å². The van der Waals surface area contributed by atoms with Crippen molar-refractivity contribution in [2.75, 3.05) is 0 Å². The van der Waals surface area contributed by atoms with Crippen LogP contribution >= 0.6 is 0 Å². The summed E-state index contributed by atoms with van der Waals surface area (Å²) in [7, 11) is 0. The fraction of sp³-hybridized carbons (Fsp3) is 0.125. The summed E-state index contributed by atoms with van der Waals surface area (Å²) in [5, 5.41) is 18.5. The lowest BCUT2D eigenvalue weighted by Crippen LogP contribution is -2.29. The number of H-pyrrole nitrogens is 1. The van der Waals surface area contributed by atoms with Gasteiger partial charge in [0.25, 0.3) is 5.91 Å². The quantitative estimate of drug-likeness (QED) is 0.264. The molecule has 0 bridgehead atoms. The minimum Gasteiger partial charge on any atom is -0.507 e. The number of rotatable bonds is 6. The molecule has 1 aromatic heterocycles. The fourth-order valence-electron chi connectivity index (χ4n) is 5.30. The Balaban J connectivity index is 1.49. The largest absolute Gasteiger partial charge is 0.507 e.